The topological polar surface area (TPSA) is 23.8 Å². The molecule has 0 amide bonds. The second-order valence-electron chi connectivity index (χ2n) is 9.10. The molecule has 0 aromatic heterocycles. The lowest BCUT2D eigenvalue weighted by molar-refractivity contribution is 0.225. The summed E-state index contributed by atoms with van der Waals surface area (Å²) in [6, 6.07) is 5.91. The predicted molar refractivity (Wildman–Crippen MR) is 110 cm³/mol. The maximum atomic E-state index is 13.5. The molecule has 0 bridgehead atoms. The molecule has 158 valence electrons. The number of benzene rings is 1. The van der Waals surface area contributed by atoms with Gasteiger partial charge in [0.05, 0.1) is 0 Å². The van der Waals surface area contributed by atoms with Crippen LogP contribution in [0.25, 0.3) is 0 Å². The fourth-order valence-corrected chi connectivity index (χ4v) is 5.32. The van der Waals surface area contributed by atoms with Crippen molar-refractivity contribution in [1.29, 1.82) is 5.26 Å². The van der Waals surface area contributed by atoms with Gasteiger partial charge in [-0.3, -0.25) is 0 Å². The molecule has 2 aliphatic carbocycles. The van der Waals surface area contributed by atoms with Gasteiger partial charge in [0, 0.05) is 0 Å². The number of nitrogens with zero attached hydrogens (tertiary/aromatic N) is 1. The third-order valence-corrected chi connectivity index (χ3v) is 7.22. The Morgan fingerprint density at radius 2 is 1.41 bits per heavy atom. The van der Waals surface area contributed by atoms with Crippen molar-refractivity contribution in [2.24, 2.45) is 17.8 Å². The molecule has 2 saturated carbocycles. The van der Waals surface area contributed by atoms with Gasteiger partial charge in [0.25, 0.3) is 0 Å². The fourth-order valence-electron chi connectivity index (χ4n) is 5.32. The highest BCUT2D eigenvalue weighted by molar-refractivity contribution is 5.22. The lowest BCUT2D eigenvalue weighted by atomic mass is 9.74. The lowest BCUT2D eigenvalue weighted by Gasteiger charge is -2.32. The molecule has 3 rings (SSSR count). The first-order valence-corrected chi connectivity index (χ1v) is 11.3. The minimum absolute atomic E-state index is 0.372. The number of halogens is 3. The van der Waals surface area contributed by atoms with E-state index in [0.717, 1.165) is 36.7 Å². The monoisotopic (exact) mass is 403 g/mol. The van der Waals surface area contributed by atoms with Crippen molar-refractivity contribution in [2.75, 3.05) is 0 Å². The van der Waals surface area contributed by atoms with E-state index in [-0.39, 0.29) is 0 Å². The van der Waals surface area contributed by atoms with Gasteiger partial charge in [-0.25, -0.2) is 8.78 Å². The van der Waals surface area contributed by atoms with E-state index >= 15 is 0 Å². The zero-order valence-corrected chi connectivity index (χ0v) is 17.2. The van der Waals surface area contributed by atoms with E-state index < -0.39 is 17.5 Å². The average Bonchev–Trinajstić information content (AvgIpc) is 2.75. The predicted octanol–water partition coefficient (Wildman–Crippen LogP) is 7.98. The zero-order valence-electron chi connectivity index (χ0n) is 17.2. The highest BCUT2D eigenvalue weighted by atomic mass is 19.2. The summed E-state index contributed by atoms with van der Waals surface area (Å²) >= 11 is 0. The molecule has 4 heteroatoms. The molecule has 0 N–H and O–H groups in total. The summed E-state index contributed by atoms with van der Waals surface area (Å²) in [5.74, 6) is 0.500. The first-order chi connectivity index (χ1) is 14.0. The molecule has 0 radical (unpaired) electrons. The van der Waals surface area contributed by atoms with E-state index in [4.69, 9.17) is 5.26 Å². The highest BCUT2D eigenvalue weighted by Crippen LogP contribution is 2.40. The van der Waals surface area contributed by atoms with Gasteiger partial charge in [0.2, 0.25) is 0 Å². The molecular weight excluding hydrogens is 371 g/mol. The number of allylic oxidation sites excluding steroid dienone is 2. The average molecular weight is 404 g/mol. The smallest absolute Gasteiger partial charge is 0.196 e. The van der Waals surface area contributed by atoms with Crippen molar-refractivity contribution >= 4 is 0 Å². The van der Waals surface area contributed by atoms with Crippen LogP contribution in [0.2, 0.25) is 0 Å². The van der Waals surface area contributed by atoms with E-state index in [9.17, 15) is 13.2 Å². The Kier molecular flexibility index (Phi) is 8.21. The maximum Gasteiger partial charge on any atom is 0.196 e. The standard InChI is InChI=1S/C25H32F3N/c26-23(17-29)3-1-2-18-4-6-19(7-5-18)8-9-20-10-12-21(13-11-20)22-14-15-24(27)25(28)16-22/h3,14-16,18-21H,1-2,4-13H2/b23-3-/t18-,19-,20-,21-. The highest BCUT2D eigenvalue weighted by Gasteiger charge is 2.25. The maximum absolute atomic E-state index is 13.5. The van der Waals surface area contributed by atoms with Gasteiger partial charge >= 0.3 is 0 Å². The van der Waals surface area contributed by atoms with Crippen LogP contribution < -0.4 is 0 Å². The van der Waals surface area contributed by atoms with E-state index in [0.29, 0.717) is 18.3 Å². The van der Waals surface area contributed by atoms with Crippen LogP contribution in [0.1, 0.15) is 88.5 Å². The van der Waals surface area contributed by atoms with Crippen molar-refractivity contribution in [3.8, 4) is 6.07 Å². The van der Waals surface area contributed by atoms with Gasteiger partial charge in [-0.15, -0.1) is 0 Å². The van der Waals surface area contributed by atoms with Crippen LogP contribution in [0.15, 0.2) is 30.1 Å². The lowest BCUT2D eigenvalue weighted by Crippen LogP contribution is -2.18. The van der Waals surface area contributed by atoms with E-state index in [1.54, 1.807) is 6.07 Å². The third kappa shape index (κ3) is 6.63. The number of hydrogen-bond donors (Lipinski definition) is 0. The van der Waals surface area contributed by atoms with Crippen LogP contribution in [-0.2, 0) is 0 Å². The Morgan fingerprint density at radius 3 is 1.97 bits per heavy atom. The first-order valence-electron chi connectivity index (χ1n) is 11.3. The quantitative estimate of drug-likeness (QED) is 0.423. The van der Waals surface area contributed by atoms with Gasteiger partial charge in [-0.05, 0) is 86.0 Å². The molecule has 0 unspecified atom stereocenters. The van der Waals surface area contributed by atoms with Gasteiger partial charge in [0.1, 0.15) is 6.07 Å². The van der Waals surface area contributed by atoms with Crippen molar-refractivity contribution in [1.82, 2.24) is 0 Å². The minimum atomic E-state index is -0.761. The molecule has 1 aromatic rings. The summed E-state index contributed by atoms with van der Waals surface area (Å²) in [5.41, 5.74) is 0.949. The Hall–Kier alpha value is -1.76. The van der Waals surface area contributed by atoms with Crippen LogP contribution in [0, 0.1) is 40.7 Å². The molecule has 0 aliphatic heterocycles. The van der Waals surface area contributed by atoms with Gasteiger partial charge in [-0.2, -0.15) is 9.65 Å². The van der Waals surface area contributed by atoms with Crippen LogP contribution in [0.5, 0.6) is 0 Å². The van der Waals surface area contributed by atoms with Crippen LogP contribution in [0.4, 0.5) is 13.2 Å². The second-order valence-corrected chi connectivity index (χ2v) is 9.10. The number of hydrogen-bond acceptors (Lipinski definition) is 1. The van der Waals surface area contributed by atoms with Crippen molar-refractivity contribution in [3.05, 3.63) is 47.3 Å². The van der Waals surface area contributed by atoms with Gasteiger partial charge in [-0.1, -0.05) is 44.6 Å². The summed E-state index contributed by atoms with van der Waals surface area (Å²) in [5, 5.41) is 8.44. The summed E-state index contributed by atoms with van der Waals surface area (Å²) in [6.07, 6.45) is 15.2. The molecule has 1 aromatic carbocycles. The molecular formula is C25H32F3N. The third-order valence-electron chi connectivity index (χ3n) is 7.22. The largest absolute Gasteiger partial charge is 0.204 e. The first kappa shape index (κ1) is 21.9. The number of rotatable bonds is 7. The Balaban J connectivity index is 1.32. The fraction of sp³-hybridized carbons (Fsp3) is 0.640. The normalized spacial score (nSPS) is 28.1. The van der Waals surface area contributed by atoms with Crippen molar-refractivity contribution in [3.63, 3.8) is 0 Å². The van der Waals surface area contributed by atoms with Gasteiger partial charge in [0.15, 0.2) is 17.5 Å². The van der Waals surface area contributed by atoms with Crippen molar-refractivity contribution < 1.29 is 13.2 Å². The molecule has 2 aliphatic rings. The van der Waals surface area contributed by atoms with E-state index in [1.165, 1.54) is 75.6 Å². The molecule has 1 nitrogen and oxygen atoms in total. The molecule has 0 atom stereocenters. The zero-order chi connectivity index (χ0) is 20.6. The molecule has 2 fully saturated rings. The Labute approximate surface area is 173 Å². The number of nitriles is 1. The Morgan fingerprint density at radius 1 is 0.862 bits per heavy atom. The van der Waals surface area contributed by atoms with Crippen LogP contribution >= 0.6 is 0 Å². The van der Waals surface area contributed by atoms with E-state index in [1.807, 2.05) is 0 Å². The molecule has 0 spiro atoms. The van der Waals surface area contributed by atoms with Crippen molar-refractivity contribution in [2.45, 2.75) is 83.0 Å². The SMILES string of the molecule is N#C/C(F)=C/CC[C@H]1CC[C@H](CC[C@H]2CC[C@H](c3ccc(F)c(F)c3)CC2)CC1. The Bertz CT molecular complexity index is 720. The summed E-state index contributed by atoms with van der Waals surface area (Å²) in [6.45, 7) is 0. The van der Waals surface area contributed by atoms with Crippen LogP contribution in [-0.4, -0.2) is 0 Å². The molecule has 0 saturated heterocycles. The molecule has 0 heterocycles. The van der Waals surface area contributed by atoms with Crippen LogP contribution in [0.3, 0.4) is 0 Å². The molecule has 29 heavy (non-hydrogen) atoms. The summed E-state index contributed by atoms with van der Waals surface area (Å²) < 4.78 is 39.5. The minimum Gasteiger partial charge on any atom is -0.204 e. The van der Waals surface area contributed by atoms with Gasteiger partial charge < -0.3 is 0 Å². The second kappa shape index (κ2) is 10.9. The summed E-state index contributed by atoms with van der Waals surface area (Å²) in [4.78, 5) is 0. The van der Waals surface area contributed by atoms with E-state index in [2.05, 4.69) is 0 Å². The summed E-state index contributed by atoms with van der Waals surface area (Å²) in [7, 11) is 0.